The van der Waals surface area contributed by atoms with Gasteiger partial charge in [0.15, 0.2) is 0 Å². The van der Waals surface area contributed by atoms with Crippen LogP contribution in [0.25, 0.3) is 5.57 Å². The molecule has 3 aromatic rings. The number of thioether (sulfide) groups is 1. The van der Waals surface area contributed by atoms with Gasteiger partial charge in [-0.05, 0) is 29.8 Å². The smallest absolute Gasteiger partial charge is 0.272 e. The summed E-state index contributed by atoms with van der Waals surface area (Å²) in [5.74, 6) is 0.138. The molecule has 1 aliphatic rings. The number of rotatable bonds is 6. The quantitative estimate of drug-likeness (QED) is 0.467. The zero-order chi connectivity index (χ0) is 22.0. The molecule has 156 valence electrons. The first kappa shape index (κ1) is 21.0. The Bertz CT molecular complexity index is 1150. The Morgan fingerprint density at radius 3 is 2.00 bits per heavy atom. The molecule has 0 bridgehead atoms. The molecule has 0 aliphatic carbocycles. The molecule has 0 aromatic heterocycles. The summed E-state index contributed by atoms with van der Waals surface area (Å²) in [6.45, 7) is 0. The number of anilines is 1. The average molecular weight is 452 g/mol. The number of methoxy groups -OCH3 is 2. The molecular weight excluding hydrogens is 434 g/mol. The number of carbonyl (C=O) groups excluding carboxylic acids is 2. The van der Waals surface area contributed by atoms with Crippen molar-refractivity contribution in [2.75, 3.05) is 19.1 Å². The summed E-state index contributed by atoms with van der Waals surface area (Å²) in [5, 5.41) is 0.549. The van der Waals surface area contributed by atoms with Crippen molar-refractivity contribution in [1.29, 1.82) is 0 Å². The van der Waals surface area contributed by atoms with Crippen LogP contribution in [-0.2, 0) is 9.59 Å². The zero-order valence-electron chi connectivity index (χ0n) is 16.8. The Labute approximate surface area is 189 Å². The van der Waals surface area contributed by atoms with Gasteiger partial charge in [0, 0.05) is 28.1 Å². The van der Waals surface area contributed by atoms with Crippen molar-refractivity contribution >= 4 is 46.4 Å². The molecule has 3 aromatic carbocycles. The van der Waals surface area contributed by atoms with E-state index in [0.717, 1.165) is 9.80 Å². The minimum absolute atomic E-state index is 0.331. The second kappa shape index (κ2) is 8.88. The van der Waals surface area contributed by atoms with Crippen LogP contribution in [0, 0.1) is 0 Å². The molecule has 5 nitrogen and oxygen atoms in total. The summed E-state index contributed by atoms with van der Waals surface area (Å²) >= 11 is 7.29. The molecule has 0 spiro atoms. The van der Waals surface area contributed by atoms with Gasteiger partial charge < -0.3 is 9.47 Å². The Hall–Kier alpha value is -3.22. The van der Waals surface area contributed by atoms with Crippen LogP contribution in [0.15, 0.2) is 82.6 Å². The predicted octanol–water partition coefficient (Wildman–Crippen LogP) is 5.43. The van der Waals surface area contributed by atoms with Crippen LogP contribution in [0.2, 0.25) is 5.02 Å². The van der Waals surface area contributed by atoms with Gasteiger partial charge in [-0.1, -0.05) is 53.7 Å². The first-order chi connectivity index (χ1) is 15.0. The first-order valence-electron chi connectivity index (χ1n) is 9.37. The van der Waals surface area contributed by atoms with E-state index >= 15 is 0 Å². The normalized spacial score (nSPS) is 13.7. The van der Waals surface area contributed by atoms with E-state index in [1.165, 1.54) is 26.0 Å². The van der Waals surface area contributed by atoms with E-state index in [-0.39, 0.29) is 0 Å². The molecule has 0 unspecified atom stereocenters. The monoisotopic (exact) mass is 451 g/mol. The molecule has 1 aliphatic heterocycles. The number of ether oxygens (including phenoxy) is 2. The van der Waals surface area contributed by atoms with E-state index in [0.29, 0.717) is 38.3 Å². The van der Waals surface area contributed by atoms with Crippen LogP contribution in [-0.4, -0.2) is 26.0 Å². The highest BCUT2D eigenvalue weighted by Crippen LogP contribution is 2.42. The van der Waals surface area contributed by atoms with Crippen LogP contribution in [0.4, 0.5) is 5.69 Å². The molecular formula is C24H18ClNO4S. The number of carbonyl (C=O) groups is 2. The fraction of sp³-hybridized carbons (Fsp3) is 0.0833. The number of imide groups is 1. The van der Waals surface area contributed by atoms with Crippen molar-refractivity contribution in [3.05, 3.63) is 88.3 Å². The van der Waals surface area contributed by atoms with Gasteiger partial charge in [-0.15, -0.1) is 0 Å². The van der Waals surface area contributed by atoms with Crippen LogP contribution >= 0.6 is 23.4 Å². The molecule has 0 atom stereocenters. The van der Waals surface area contributed by atoms with Gasteiger partial charge in [0.1, 0.15) is 11.5 Å². The topological polar surface area (TPSA) is 55.8 Å². The van der Waals surface area contributed by atoms with E-state index in [1.807, 2.05) is 30.3 Å². The molecule has 0 radical (unpaired) electrons. The molecule has 1 heterocycles. The highest BCUT2D eigenvalue weighted by molar-refractivity contribution is 8.04. The maximum Gasteiger partial charge on any atom is 0.272 e. The lowest BCUT2D eigenvalue weighted by molar-refractivity contribution is -0.119. The molecule has 0 fully saturated rings. The molecule has 0 N–H and O–H groups in total. The van der Waals surface area contributed by atoms with Gasteiger partial charge in [-0.2, -0.15) is 0 Å². The number of amides is 2. The Kier molecular flexibility index (Phi) is 6.02. The summed E-state index contributed by atoms with van der Waals surface area (Å²) < 4.78 is 10.6. The number of benzene rings is 3. The summed E-state index contributed by atoms with van der Waals surface area (Å²) in [4.78, 5) is 29.4. The summed E-state index contributed by atoms with van der Waals surface area (Å²) in [7, 11) is 3.03. The number of halogens is 1. The molecule has 31 heavy (non-hydrogen) atoms. The maximum absolute atomic E-state index is 13.5. The Balaban J connectivity index is 1.83. The van der Waals surface area contributed by atoms with Gasteiger partial charge in [-0.25, -0.2) is 4.90 Å². The largest absolute Gasteiger partial charge is 0.497 e. The van der Waals surface area contributed by atoms with Gasteiger partial charge in [0.05, 0.1) is 30.4 Å². The zero-order valence-corrected chi connectivity index (χ0v) is 18.4. The van der Waals surface area contributed by atoms with Crippen LogP contribution in [0.1, 0.15) is 5.56 Å². The fourth-order valence-electron chi connectivity index (χ4n) is 3.24. The van der Waals surface area contributed by atoms with E-state index in [2.05, 4.69) is 0 Å². The second-order valence-electron chi connectivity index (χ2n) is 6.64. The molecule has 4 rings (SSSR count). The fourth-order valence-corrected chi connectivity index (χ4v) is 4.38. The third-order valence-electron chi connectivity index (χ3n) is 4.73. The summed E-state index contributed by atoms with van der Waals surface area (Å²) in [5.41, 5.74) is 1.33. The number of hydrogen-bond donors (Lipinski definition) is 0. The average Bonchev–Trinajstić information content (AvgIpc) is 3.04. The summed E-state index contributed by atoms with van der Waals surface area (Å²) in [6, 6.07) is 21.3. The molecule has 0 saturated carbocycles. The van der Waals surface area contributed by atoms with Crippen molar-refractivity contribution < 1.29 is 19.1 Å². The maximum atomic E-state index is 13.5. The minimum Gasteiger partial charge on any atom is -0.497 e. The van der Waals surface area contributed by atoms with Crippen molar-refractivity contribution in [2.45, 2.75) is 4.90 Å². The van der Waals surface area contributed by atoms with E-state index in [9.17, 15) is 9.59 Å². The van der Waals surface area contributed by atoms with Gasteiger partial charge in [0.25, 0.3) is 11.8 Å². The van der Waals surface area contributed by atoms with Crippen LogP contribution in [0.5, 0.6) is 11.5 Å². The van der Waals surface area contributed by atoms with Crippen molar-refractivity contribution in [3.63, 3.8) is 0 Å². The second-order valence-corrected chi connectivity index (χ2v) is 8.16. The molecule has 0 saturated heterocycles. The lowest BCUT2D eigenvalue weighted by Crippen LogP contribution is -2.31. The van der Waals surface area contributed by atoms with Crippen molar-refractivity contribution in [3.8, 4) is 11.5 Å². The number of nitrogens with zero attached hydrogens (tertiary/aromatic N) is 1. The van der Waals surface area contributed by atoms with Crippen LogP contribution < -0.4 is 14.4 Å². The highest BCUT2D eigenvalue weighted by atomic mass is 35.5. The van der Waals surface area contributed by atoms with Crippen molar-refractivity contribution in [1.82, 2.24) is 0 Å². The third kappa shape index (κ3) is 4.17. The summed E-state index contributed by atoms with van der Waals surface area (Å²) in [6.07, 6.45) is 0. The SMILES string of the molecule is COc1cc(OC)cc(N2C(=O)C(Sc3ccccc3)=C(c3ccc(Cl)cc3)C2=O)c1. The number of hydrogen-bond acceptors (Lipinski definition) is 5. The lowest BCUT2D eigenvalue weighted by Gasteiger charge is -2.17. The van der Waals surface area contributed by atoms with Gasteiger partial charge in [0.2, 0.25) is 0 Å². The molecule has 7 heteroatoms. The Morgan fingerprint density at radius 2 is 1.42 bits per heavy atom. The predicted molar refractivity (Wildman–Crippen MR) is 123 cm³/mol. The van der Waals surface area contributed by atoms with E-state index in [4.69, 9.17) is 21.1 Å². The first-order valence-corrected chi connectivity index (χ1v) is 10.6. The van der Waals surface area contributed by atoms with Gasteiger partial charge >= 0.3 is 0 Å². The standard InChI is InChI=1S/C24H18ClNO4S/c1-29-18-12-17(13-19(14-18)30-2)26-23(27)21(15-8-10-16(25)11-9-15)22(24(26)28)31-20-6-4-3-5-7-20/h3-14H,1-2H3. The third-order valence-corrected chi connectivity index (χ3v) is 6.07. The molecule has 2 amide bonds. The lowest BCUT2D eigenvalue weighted by atomic mass is 10.1. The Morgan fingerprint density at radius 1 is 0.806 bits per heavy atom. The minimum atomic E-state index is -0.416. The van der Waals surface area contributed by atoms with E-state index in [1.54, 1.807) is 42.5 Å². The van der Waals surface area contributed by atoms with Crippen LogP contribution in [0.3, 0.4) is 0 Å². The van der Waals surface area contributed by atoms with Crippen molar-refractivity contribution in [2.24, 2.45) is 0 Å². The highest BCUT2D eigenvalue weighted by Gasteiger charge is 2.40. The van der Waals surface area contributed by atoms with E-state index < -0.39 is 11.8 Å². The van der Waals surface area contributed by atoms with Gasteiger partial charge in [-0.3, -0.25) is 9.59 Å².